The highest BCUT2D eigenvalue weighted by molar-refractivity contribution is 5.97. The number of H-pyrrole nitrogens is 1. The third-order valence-electron chi connectivity index (χ3n) is 5.66. The van der Waals surface area contributed by atoms with Gasteiger partial charge in [-0.1, -0.05) is 18.2 Å². The highest BCUT2D eigenvalue weighted by atomic mass is 16.2. The van der Waals surface area contributed by atoms with Crippen LogP contribution in [0.3, 0.4) is 0 Å². The first-order valence-corrected chi connectivity index (χ1v) is 10.1. The first-order chi connectivity index (χ1) is 14.4. The molecule has 0 saturated carbocycles. The minimum atomic E-state index is -0.242. The predicted molar refractivity (Wildman–Crippen MR) is 117 cm³/mol. The lowest BCUT2D eigenvalue weighted by Gasteiger charge is -2.20. The molecule has 1 saturated heterocycles. The summed E-state index contributed by atoms with van der Waals surface area (Å²) in [6.07, 6.45) is 2.06. The lowest BCUT2D eigenvalue weighted by atomic mass is 10.0. The van der Waals surface area contributed by atoms with Gasteiger partial charge < -0.3 is 10.2 Å². The van der Waals surface area contributed by atoms with Gasteiger partial charge in [0, 0.05) is 36.8 Å². The van der Waals surface area contributed by atoms with E-state index in [2.05, 4.69) is 20.3 Å². The Kier molecular flexibility index (Phi) is 5.35. The molecule has 30 heavy (non-hydrogen) atoms. The molecule has 0 aliphatic carbocycles. The van der Waals surface area contributed by atoms with Gasteiger partial charge in [0.2, 0.25) is 11.9 Å². The summed E-state index contributed by atoms with van der Waals surface area (Å²) in [4.78, 5) is 38.5. The van der Waals surface area contributed by atoms with Crippen LogP contribution < -0.4 is 15.8 Å². The maximum atomic E-state index is 12.7. The number of benzene rings is 1. The van der Waals surface area contributed by atoms with Gasteiger partial charge in [-0.15, -0.1) is 0 Å². The van der Waals surface area contributed by atoms with Gasteiger partial charge in [0.1, 0.15) is 0 Å². The molecule has 0 radical (unpaired) electrons. The topological polar surface area (TPSA) is 91.0 Å². The number of carbonyl (C=O) groups is 1. The van der Waals surface area contributed by atoms with Gasteiger partial charge in [0.15, 0.2) is 0 Å². The molecule has 2 N–H and O–H groups in total. The maximum Gasteiger partial charge on any atom is 0.252 e. The second-order valence-electron chi connectivity index (χ2n) is 7.76. The van der Waals surface area contributed by atoms with Crippen molar-refractivity contribution in [2.24, 2.45) is 0 Å². The number of aromatic nitrogens is 3. The van der Waals surface area contributed by atoms with Crippen LogP contribution >= 0.6 is 0 Å². The van der Waals surface area contributed by atoms with Crippen LogP contribution in [0.2, 0.25) is 0 Å². The number of hydrogen-bond acceptors (Lipinski definition) is 5. The van der Waals surface area contributed by atoms with E-state index in [1.165, 1.54) is 6.07 Å². The van der Waals surface area contributed by atoms with Gasteiger partial charge >= 0.3 is 0 Å². The van der Waals surface area contributed by atoms with E-state index in [0.29, 0.717) is 24.6 Å². The number of pyridine rings is 1. The van der Waals surface area contributed by atoms with E-state index < -0.39 is 0 Å². The Morgan fingerprint density at radius 2 is 2.00 bits per heavy atom. The Hall–Kier alpha value is -3.48. The average molecular weight is 403 g/mol. The molecule has 154 valence electrons. The molecule has 4 rings (SSSR count). The molecule has 3 aromatic rings. The molecule has 0 unspecified atom stereocenters. The number of nitrogens with one attached hydrogen (secondary N) is 2. The summed E-state index contributed by atoms with van der Waals surface area (Å²) in [6, 6.07) is 13.0. The SMILES string of the molecule is Cc1cccc(N2C[C@H](c3cc(=O)[nH]c(N[C@@H](C)c4ccccn4)n3)CC2=O)c1C. The monoisotopic (exact) mass is 403 g/mol. The van der Waals surface area contributed by atoms with Crippen LogP contribution in [0.25, 0.3) is 0 Å². The first kappa shape index (κ1) is 19.8. The molecule has 0 spiro atoms. The van der Waals surface area contributed by atoms with Crippen LogP contribution in [0, 0.1) is 13.8 Å². The number of amides is 1. The van der Waals surface area contributed by atoms with Crippen LogP contribution in [-0.4, -0.2) is 27.4 Å². The maximum absolute atomic E-state index is 12.7. The summed E-state index contributed by atoms with van der Waals surface area (Å²) in [5.74, 6) is 0.297. The summed E-state index contributed by atoms with van der Waals surface area (Å²) in [5, 5.41) is 3.21. The fourth-order valence-electron chi connectivity index (χ4n) is 3.83. The summed E-state index contributed by atoms with van der Waals surface area (Å²) in [5.41, 5.74) is 4.39. The number of nitrogens with zero attached hydrogens (tertiary/aromatic N) is 3. The zero-order valence-corrected chi connectivity index (χ0v) is 17.3. The molecule has 1 fully saturated rings. The van der Waals surface area contributed by atoms with Crippen LogP contribution in [-0.2, 0) is 4.79 Å². The van der Waals surface area contributed by atoms with Gasteiger partial charge in [-0.3, -0.25) is 19.6 Å². The zero-order chi connectivity index (χ0) is 21.3. The van der Waals surface area contributed by atoms with Crippen molar-refractivity contribution in [2.75, 3.05) is 16.8 Å². The molecule has 1 aliphatic heterocycles. The highest BCUT2D eigenvalue weighted by Gasteiger charge is 2.33. The van der Waals surface area contributed by atoms with E-state index in [-0.39, 0.29) is 23.4 Å². The fourth-order valence-corrected chi connectivity index (χ4v) is 3.83. The quantitative estimate of drug-likeness (QED) is 0.681. The van der Waals surface area contributed by atoms with Crippen LogP contribution in [0.5, 0.6) is 0 Å². The lowest BCUT2D eigenvalue weighted by Crippen LogP contribution is -2.25. The minimum absolute atomic E-state index is 0.0483. The summed E-state index contributed by atoms with van der Waals surface area (Å²) in [6.45, 7) is 6.53. The number of rotatable bonds is 5. The van der Waals surface area contributed by atoms with Crippen molar-refractivity contribution in [1.29, 1.82) is 0 Å². The Labute approximate surface area is 175 Å². The zero-order valence-electron chi connectivity index (χ0n) is 17.3. The minimum Gasteiger partial charge on any atom is -0.348 e. The summed E-state index contributed by atoms with van der Waals surface area (Å²) >= 11 is 0. The largest absolute Gasteiger partial charge is 0.348 e. The van der Waals surface area contributed by atoms with Crippen molar-refractivity contribution >= 4 is 17.5 Å². The molecule has 1 amide bonds. The molecule has 7 nitrogen and oxygen atoms in total. The van der Waals surface area contributed by atoms with Gasteiger partial charge in [0.25, 0.3) is 5.56 Å². The normalized spacial score (nSPS) is 17.2. The van der Waals surface area contributed by atoms with E-state index in [1.807, 2.05) is 57.2 Å². The average Bonchev–Trinajstić information content (AvgIpc) is 3.12. The van der Waals surface area contributed by atoms with Crippen molar-refractivity contribution in [1.82, 2.24) is 15.0 Å². The number of carbonyl (C=O) groups excluding carboxylic acids is 1. The van der Waals surface area contributed by atoms with E-state index >= 15 is 0 Å². The van der Waals surface area contributed by atoms with E-state index in [1.54, 1.807) is 11.1 Å². The highest BCUT2D eigenvalue weighted by Crippen LogP contribution is 2.33. The molecule has 2 atom stereocenters. The number of aryl methyl sites for hydroxylation is 1. The molecule has 0 bridgehead atoms. The van der Waals surface area contributed by atoms with Gasteiger partial charge in [-0.2, -0.15) is 0 Å². The molecule has 1 aromatic carbocycles. The van der Waals surface area contributed by atoms with Crippen molar-refractivity contribution in [2.45, 2.75) is 39.2 Å². The molecule has 3 heterocycles. The summed E-state index contributed by atoms with van der Waals surface area (Å²) in [7, 11) is 0. The lowest BCUT2D eigenvalue weighted by molar-refractivity contribution is -0.117. The van der Waals surface area contributed by atoms with Gasteiger partial charge in [-0.05, 0) is 50.1 Å². The van der Waals surface area contributed by atoms with Gasteiger partial charge in [0.05, 0.1) is 17.4 Å². The van der Waals surface area contributed by atoms with E-state index in [0.717, 1.165) is 22.5 Å². The van der Waals surface area contributed by atoms with Gasteiger partial charge in [-0.25, -0.2) is 4.98 Å². The Morgan fingerprint density at radius 1 is 1.17 bits per heavy atom. The summed E-state index contributed by atoms with van der Waals surface area (Å²) < 4.78 is 0. The van der Waals surface area contributed by atoms with Crippen molar-refractivity contribution in [3.8, 4) is 0 Å². The second kappa shape index (κ2) is 8.10. The third-order valence-corrected chi connectivity index (χ3v) is 5.66. The van der Waals surface area contributed by atoms with Crippen molar-refractivity contribution in [3.63, 3.8) is 0 Å². The van der Waals surface area contributed by atoms with Crippen LogP contribution in [0.1, 0.15) is 47.8 Å². The van der Waals surface area contributed by atoms with E-state index in [4.69, 9.17) is 0 Å². The molecule has 2 aromatic heterocycles. The number of anilines is 2. The third kappa shape index (κ3) is 3.96. The van der Waals surface area contributed by atoms with E-state index in [9.17, 15) is 9.59 Å². The number of hydrogen-bond donors (Lipinski definition) is 2. The van der Waals surface area contributed by atoms with Crippen molar-refractivity contribution < 1.29 is 4.79 Å². The molecule has 1 aliphatic rings. The fraction of sp³-hybridized carbons (Fsp3) is 0.304. The second-order valence-corrected chi connectivity index (χ2v) is 7.76. The smallest absolute Gasteiger partial charge is 0.252 e. The van der Waals surface area contributed by atoms with Crippen LogP contribution in [0.4, 0.5) is 11.6 Å². The molecular formula is C23H25N5O2. The standard InChI is InChI=1S/C23H25N5O2/c1-14-7-6-9-20(15(14)2)28-13-17(11-22(28)30)19-12-21(29)27-23(26-19)25-16(3)18-8-4-5-10-24-18/h4-10,12,16-17H,11,13H2,1-3H3,(H2,25,26,27,29)/t16-,17+/m0/s1. The Morgan fingerprint density at radius 3 is 2.77 bits per heavy atom. The first-order valence-electron chi connectivity index (χ1n) is 10.1. The van der Waals surface area contributed by atoms with Crippen molar-refractivity contribution in [3.05, 3.63) is 81.5 Å². The number of aromatic amines is 1. The predicted octanol–water partition coefficient (Wildman–Crippen LogP) is 3.48. The van der Waals surface area contributed by atoms with Crippen LogP contribution in [0.15, 0.2) is 53.5 Å². The molecular weight excluding hydrogens is 378 g/mol. The Balaban J connectivity index is 1.57. The molecule has 7 heteroatoms. The Bertz CT molecular complexity index is 1130.